The standard InChI is InChI=1S/C26H27NO2/c1-20-17-24(29-25(20)18-27)19-28-26(21-11-5-2-6-12-21,22-13-7-3-8-14-22)23-15-9-4-10-16-23/h2-17,24-25H,18-19,27H2,1H3/t24-,25?/m0/s1. The predicted octanol–water partition coefficient (Wildman–Crippen LogP) is 4.67. The fraction of sp³-hybridized carbons (Fsp3) is 0.231. The smallest absolute Gasteiger partial charge is 0.143 e. The Balaban J connectivity index is 1.78. The summed E-state index contributed by atoms with van der Waals surface area (Å²) in [4.78, 5) is 0. The summed E-state index contributed by atoms with van der Waals surface area (Å²) in [6, 6.07) is 31.2. The molecule has 148 valence electrons. The highest BCUT2D eigenvalue weighted by molar-refractivity contribution is 5.47. The lowest BCUT2D eigenvalue weighted by Crippen LogP contribution is -2.36. The maximum absolute atomic E-state index is 6.80. The molecule has 2 N–H and O–H groups in total. The van der Waals surface area contributed by atoms with Crippen molar-refractivity contribution in [3.05, 3.63) is 119 Å². The van der Waals surface area contributed by atoms with Gasteiger partial charge >= 0.3 is 0 Å². The Morgan fingerprint density at radius 2 is 1.24 bits per heavy atom. The zero-order valence-corrected chi connectivity index (χ0v) is 16.7. The van der Waals surface area contributed by atoms with Crippen molar-refractivity contribution in [2.45, 2.75) is 24.7 Å². The van der Waals surface area contributed by atoms with Gasteiger partial charge in [-0.25, -0.2) is 0 Å². The molecule has 0 fully saturated rings. The zero-order chi connectivity index (χ0) is 20.1. The van der Waals surface area contributed by atoms with Crippen LogP contribution in [-0.4, -0.2) is 25.4 Å². The van der Waals surface area contributed by atoms with Crippen molar-refractivity contribution in [1.29, 1.82) is 0 Å². The van der Waals surface area contributed by atoms with Gasteiger partial charge in [-0.2, -0.15) is 0 Å². The number of hydrogen-bond acceptors (Lipinski definition) is 3. The molecule has 3 heteroatoms. The quantitative estimate of drug-likeness (QED) is 0.475. The number of hydrogen-bond donors (Lipinski definition) is 1. The molecule has 2 atom stereocenters. The van der Waals surface area contributed by atoms with Crippen molar-refractivity contribution in [2.24, 2.45) is 5.73 Å². The Morgan fingerprint density at radius 3 is 1.62 bits per heavy atom. The lowest BCUT2D eigenvalue weighted by atomic mass is 9.80. The van der Waals surface area contributed by atoms with Crippen LogP contribution in [-0.2, 0) is 15.1 Å². The van der Waals surface area contributed by atoms with Crippen LogP contribution in [0.5, 0.6) is 0 Å². The topological polar surface area (TPSA) is 44.5 Å². The van der Waals surface area contributed by atoms with Gasteiger partial charge in [0.1, 0.15) is 11.7 Å². The largest absolute Gasteiger partial charge is 0.363 e. The lowest BCUT2D eigenvalue weighted by molar-refractivity contribution is -0.0527. The van der Waals surface area contributed by atoms with Crippen molar-refractivity contribution in [3.63, 3.8) is 0 Å². The Labute approximate surface area is 172 Å². The molecule has 0 aromatic heterocycles. The van der Waals surface area contributed by atoms with Crippen molar-refractivity contribution in [1.82, 2.24) is 0 Å². The molecule has 3 aromatic rings. The summed E-state index contributed by atoms with van der Waals surface area (Å²) in [5.41, 5.74) is 9.55. The number of benzene rings is 3. The van der Waals surface area contributed by atoms with Crippen molar-refractivity contribution < 1.29 is 9.47 Å². The molecule has 1 aliphatic rings. The fourth-order valence-electron chi connectivity index (χ4n) is 4.06. The summed E-state index contributed by atoms with van der Waals surface area (Å²) in [6.45, 7) is 2.99. The minimum absolute atomic E-state index is 0.0248. The van der Waals surface area contributed by atoms with Crippen molar-refractivity contribution >= 4 is 0 Å². The van der Waals surface area contributed by atoms with E-state index in [-0.39, 0.29) is 12.2 Å². The first-order chi connectivity index (χ1) is 14.2. The average Bonchev–Trinajstić information content (AvgIpc) is 3.16. The van der Waals surface area contributed by atoms with Gasteiger partial charge in [-0.3, -0.25) is 0 Å². The van der Waals surface area contributed by atoms with E-state index >= 15 is 0 Å². The van der Waals surface area contributed by atoms with Gasteiger partial charge in [0.05, 0.1) is 12.7 Å². The molecular weight excluding hydrogens is 358 g/mol. The van der Waals surface area contributed by atoms with E-state index in [1.807, 2.05) is 18.2 Å². The zero-order valence-electron chi connectivity index (χ0n) is 16.7. The number of ether oxygens (including phenoxy) is 2. The van der Waals surface area contributed by atoms with E-state index in [4.69, 9.17) is 15.2 Å². The van der Waals surface area contributed by atoms with E-state index in [1.165, 1.54) is 5.57 Å². The van der Waals surface area contributed by atoms with Crippen LogP contribution in [0.1, 0.15) is 23.6 Å². The fourth-order valence-corrected chi connectivity index (χ4v) is 4.06. The van der Waals surface area contributed by atoms with E-state index in [1.54, 1.807) is 0 Å². The van der Waals surface area contributed by atoms with Crippen LogP contribution >= 0.6 is 0 Å². The number of nitrogens with two attached hydrogens (primary N) is 1. The summed E-state index contributed by atoms with van der Waals surface area (Å²) < 4.78 is 12.9. The molecule has 4 rings (SSSR count). The highest BCUT2D eigenvalue weighted by Crippen LogP contribution is 2.40. The molecule has 3 nitrogen and oxygen atoms in total. The van der Waals surface area contributed by atoms with Gasteiger partial charge in [0, 0.05) is 6.54 Å². The van der Waals surface area contributed by atoms with Crippen LogP contribution < -0.4 is 5.73 Å². The minimum atomic E-state index is -0.727. The second-order valence-electron chi connectivity index (χ2n) is 7.40. The first-order valence-electron chi connectivity index (χ1n) is 10.1. The lowest BCUT2D eigenvalue weighted by Gasteiger charge is -2.36. The van der Waals surface area contributed by atoms with E-state index < -0.39 is 5.60 Å². The van der Waals surface area contributed by atoms with E-state index in [0.717, 1.165) is 16.7 Å². The molecular formula is C26H27NO2. The first-order valence-corrected chi connectivity index (χ1v) is 10.1. The summed E-state index contributed by atoms with van der Waals surface area (Å²) in [7, 11) is 0. The third-order valence-electron chi connectivity index (χ3n) is 5.51. The molecule has 1 aliphatic heterocycles. The van der Waals surface area contributed by atoms with E-state index in [9.17, 15) is 0 Å². The Morgan fingerprint density at radius 1 is 0.793 bits per heavy atom. The maximum atomic E-state index is 6.80. The Hall–Kier alpha value is -2.72. The van der Waals surface area contributed by atoms with Crippen LogP contribution in [0.4, 0.5) is 0 Å². The van der Waals surface area contributed by atoms with Crippen LogP contribution in [0.3, 0.4) is 0 Å². The molecule has 0 saturated carbocycles. The van der Waals surface area contributed by atoms with Crippen molar-refractivity contribution in [2.75, 3.05) is 13.2 Å². The van der Waals surface area contributed by atoms with Gasteiger partial charge in [0.25, 0.3) is 0 Å². The third-order valence-corrected chi connectivity index (χ3v) is 5.51. The van der Waals surface area contributed by atoms with Crippen LogP contribution in [0, 0.1) is 0 Å². The molecule has 0 amide bonds. The third kappa shape index (κ3) is 3.90. The monoisotopic (exact) mass is 385 g/mol. The van der Waals surface area contributed by atoms with E-state index in [2.05, 4.69) is 85.8 Å². The molecule has 3 aromatic carbocycles. The average molecular weight is 386 g/mol. The summed E-state index contributed by atoms with van der Waals surface area (Å²) in [5.74, 6) is 0. The van der Waals surface area contributed by atoms with Crippen molar-refractivity contribution in [3.8, 4) is 0 Å². The summed E-state index contributed by atoms with van der Waals surface area (Å²) >= 11 is 0. The summed E-state index contributed by atoms with van der Waals surface area (Å²) in [6.07, 6.45) is 1.99. The molecule has 0 aliphatic carbocycles. The maximum Gasteiger partial charge on any atom is 0.143 e. The van der Waals surface area contributed by atoms with Crippen LogP contribution in [0.2, 0.25) is 0 Å². The number of rotatable bonds is 7. The van der Waals surface area contributed by atoms with Gasteiger partial charge in [0.15, 0.2) is 0 Å². The molecule has 0 radical (unpaired) electrons. The molecule has 0 spiro atoms. The SMILES string of the molecule is CC1=C[C@@H](COC(c2ccccc2)(c2ccccc2)c2ccccc2)OC1CN. The molecule has 1 heterocycles. The summed E-state index contributed by atoms with van der Waals surface area (Å²) in [5, 5.41) is 0. The second-order valence-corrected chi connectivity index (χ2v) is 7.40. The molecule has 0 bridgehead atoms. The van der Waals surface area contributed by atoms with Crippen LogP contribution in [0.15, 0.2) is 103 Å². The van der Waals surface area contributed by atoms with Crippen LogP contribution in [0.25, 0.3) is 0 Å². The second kappa shape index (κ2) is 8.75. The first kappa shape index (κ1) is 19.6. The Kier molecular flexibility index (Phi) is 5.91. The molecule has 0 saturated heterocycles. The molecule has 1 unspecified atom stereocenters. The van der Waals surface area contributed by atoms with E-state index in [0.29, 0.717) is 13.2 Å². The predicted molar refractivity (Wildman–Crippen MR) is 117 cm³/mol. The van der Waals surface area contributed by atoms with Gasteiger partial charge < -0.3 is 15.2 Å². The highest BCUT2D eigenvalue weighted by atomic mass is 16.6. The Bertz CT molecular complexity index is 842. The minimum Gasteiger partial charge on any atom is -0.363 e. The van der Waals surface area contributed by atoms with Gasteiger partial charge in [-0.05, 0) is 29.2 Å². The van der Waals surface area contributed by atoms with Gasteiger partial charge in [0.2, 0.25) is 0 Å². The van der Waals surface area contributed by atoms with Gasteiger partial charge in [-0.15, -0.1) is 0 Å². The normalized spacial score (nSPS) is 19.2. The highest BCUT2D eigenvalue weighted by Gasteiger charge is 2.38. The van der Waals surface area contributed by atoms with Gasteiger partial charge in [-0.1, -0.05) is 97.1 Å². The molecule has 29 heavy (non-hydrogen) atoms.